The molecule has 0 unspecified atom stereocenters. The lowest BCUT2D eigenvalue weighted by Gasteiger charge is -2.31. The van der Waals surface area contributed by atoms with E-state index in [4.69, 9.17) is 9.73 Å². The quantitative estimate of drug-likeness (QED) is 0.542. The molecule has 0 aromatic carbocycles. The van der Waals surface area contributed by atoms with E-state index in [9.17, 15) is 4.79 Å². The van der Waals surface area contributed by atoms with Crippen LogP contribution in [-0.4, -0.2) is 87.9 Å². The van der Waals surface area contributed by atoms with Gasteiger partial charge in [0.2, 0.25) is 11.9 Å². The number of pyridine rings is 1. The third-order valence-corrected chi connectivity index (χ3v) is 6.57. The van der Waals surface area contributed by atoms with Crippen LogP contribution < -0.4 is 9.80 Å². The number of hydrogen-bond acceptors (Lipinski definition) is 9. The molecule has 0 radical (unpaired) electrons. The number of amidine groups is 1. The molecule has 1 saturated heterocycles. The molecule has 0 saturated carbocycles. The zero-order valence-electron chi connectivity index (χ0n) is 19.9. The Kier molecular flexibility index (Phi) is 6.12. The Morgan fingerprint density at radius 2 is 1.92 bits per heavy atom. The third kappa shape index (κ3) is 4.44. The Morgan fingerprint density at radius 3 is 2.72 bits per heavy atom. The van der Waals surface area contributed by atoms with Gasteiger partial charge < -0.3 is 24.0 Å². The first-order valence-corrected chi connectivity index (χ1v) is 12.1. The molecule has 0 N–H and O–H groups in total. The van der Waals surface area contributed by atoms with Gasteiger partial charge in [-0.1, -0.05) is 0 Å². The summed E-state index contributed by atoms with van der Waals surface area (Å²) in [6.45, 7) is 4.77. The van der Waals surface area contributed by atoms with Gasteiger partial charge in [-0.2, -0.15) is 0 Å². The predicted octanol–water partition coefficient (Wildman–Crippen LogP) is 1.73. The van der Waals surface area contributed by atoms with Crippen LogP contribution in [0, 0.1) is 0 Å². The second-order valence-electron chi connectivity index (χ2n) is 8.80. The van der Waals surface area contributed by atoms with Crippen molar-refractivity contribution >= 4 is 40.1 Å². The molecule has 184 valence electrons. The number of hydrogen-bond donors (Lipinski definition) is 0. The first kappa shape index (κ1) is 22.4. The fraction of sp³-hybridized carbons (Fsp3) is 0.360. The van der Waals surface area contributed by atoms with E-state index >= 15 is 0 Å². The van der Waals surface area contributed by atoms with Crippen molar-refractivity contribution in [1.29, 1.82) is 0 Å². The Balaban J connectivity index is 1.13. The number of carbonyl (C=O) groups excluding carboxylic acids is 1. The smallest absolute Gasteiger partial charge is 0.244 e. The number of anilines is 2. The van der Waals surface area contributed by atoms with Gasteiger partial charge in [0.15, 0.2) is 5.84 Å². The van der Waals surface area contributed by atoms with Gasteiger partial charge in [-0.15, -0.1) is 0 Å². The van der Waals surface area contributed by atoms with Crippen LogP contribution in [0.1, 0.15) is 6.42 Å². The summed E-state index contributed by atoms with van der Waals surface area (Å²) in [5.74, 6) is 1.52. The molecule has 1 fully saturated rings. The summed E-state index contributed by atoms with van der Waals surface area (Å²) >= 11 is 0. The number of rotatable bonds is 5. The summed E-state index contributed by atoms with van der Waals surface area (Å²) in [5.41, 5.74) is 2.56. The zero-order valence-corrected chi connectivity index (χ0v) is 19.9. The molecule has 0 aliphatic carbocycles. The monoisotopic (exact) mass is 485 g/mol. The highest BCUT2D eigenvalue weighted by molar-refractivity contribution is 6.46. The predicted molar refractivity (Wildman–Crippen MR) is 137 cm³/mol. The van der Waals surface area contributed by atoms with Gasteiger partial charge in [0.1, 0.15) is 18.9 Å². The molecule has 3 aliphatic rings. The first-order valence-electron chi connectivity index (χ1n) is 12.1. The van der Waals surface area contributed by atoms with E-state index < -0.39 is 0 Å². The topological polar surface area (TPSA) is 104 Å². The third-order valence-electron chi connectivity index (χ3n) is 6.57. The van der Waals surface area contributed by atoms with Crippen molar-refractivity contribution < 1.29 is 9.53 Å². The minimum Gasteiger partial charge on any atom is -0.378 e. The summed E-state index contributed by atoms with van der Waals surface area (Å²) in [6.07, 6.45) is 11.7. The standard InChI is InChI=1S/C25H27N9O2/c35-22(17-32-9-4-19-3-1-6-26-23(19)32)33-10-5-21(30-18-33)24-27-7-2-8-34(24)20-15-28-25(29-16-20)31-11-13-36-14-12-31/h1-4,6-7,9,15-16H,5,8,10-14,17-18H2. The van der Waals surface area contributed by atoms with Gasteiger partial charge in [-0.25, -0.2) is 19.9 Å². The van der Waals surface area contributed by atoms with Gasteiger partial charge in [0.05, 0.1) is 37.0 Å². The van der Waals surface area contributed by atoms with E-state index in [-0.39, 0.29) is 12.5 Å². The molecule has 11 nitrogen and oxygen atoms in total. The maximum atomic E-state index is 13.0. The Morgan fingerprint density at radius 1 is 1.06 bits per heavy atom. The normalized spacial score (nSPS) is 18.4. The molecule has 11 heteroatoms. The van der Waals surface area contributed by atoms with Crippen LogP contribution in [0.5, 0.6) is 0 Å². The van der Waals surface area contributed by atoms with Crippen molar-refractivity contribution in [2.24, 2.45) is 9.98 Å². The maximum Gasteiger partial charge on any atom is 0.244 e. The van der Waals surface area contributed by atoms with Gasteiger partial charge in [-0.05, 0) is 24.3 Å². The summed E-state index contributed by atoms with van der Waals surface area (Å²) in [6, 6.07) is 5.86. The zero-order chi connectivity index (χ0) is 24.3. The number of aliphatic imine (C=N–C) groups is 2. The van der Waals surface area contributed by atoms with Crippen LogP contribution >= 0.6 is 0 Å². The number of aromatic nitrogens is 4. The van der Waals surface area contributed by atoms with E-state index in [2.05, 4.69) is 29.7 Å². The molecule has 3 aromatic rings. The molecule has 0 spiro atoms. The number of morpholine rings is 1. The van der Waals surface area contributed by atoms with Crippen molar-refractivity contribution in [3.05, 3.63) is 55.3 Å². The number of carbonyl (C=O) groups is 1. The van der Waals surface area contributed by atoms with E-state index in [1.807, 2.05) is 47.4 Å². The lowest BCUT2D eigenvalue weighted by molar-refractivity contribution is -0.131. The molecular formula is C25H27N9O2. The van der Waals surface area contributed by atoms with E-state index in [0.717, 1.165) is 41.4 Å². The molecule has 0 atom stereocenters. The van der Waals surface area contributed by atoms with Gasteiger partial charge in [-0.3, -0.25) is 9.79 Å². The van der Waals surface area contributed by atoms with Crippen LogP contribution in [0.15, 0.2) is 65.2 Å². The number of nitrogens with zero attached hydrogens (tertiary/aromatic N) is 9. The highest BCUT2D eigenvalue weighted by Crippen LogP contribution is 2.20. The molecule has 3 aliphatic heterocycles. The average Bonchev–Trinajstić information content (AvgIpc) is 3.36. The minimum absolute atomic E-state index is 0.0235. The molecule has 0 bridgehead atoms. The number of amides is 1. The molecule has 3 aromatic heterocycles. The second-order valence-corrected chi connectivity index (χ2v) is 8.80. The first-order chi connectivity index (χ1) is 17.8. The Hall–Kier alpha value is -4.12. The van der Waals surface area contributed by atoms with Crippen LogP contribution in [0.2, 0.25) is 0 Å². The summed E-state index contributed by atoms with van der Waals surface area (Å²) < 4.78 is 7.30. The summed E-state index contributed by atoms with van der Waals surface area (Å²) in [4.78, 5) is 41.9. The summed E-state index contributed by atoms with van der Waals surface area (Å²) in [7, 11) is 0. The van der Waals surface area contributed by atoms with Crippen LogP contribution in [-0.2, 0) is 16.1 Å². The Bertz CT molecular complexity index is 1340. The number of ether oxygens (including phenoxy) is 1. The largest absolute Gasteiger partial charge is 0.378 e. The van der Waals surface area contributed by atoms with E-state index in [1.54, 1.807) is 17.3 Å². The van der Waals surface area contributed by atoms with Crippen molar-refractivity contribution in [2.75, 3.05) is 55.9 Å². The van der Waals surface area contributed by atoms with Crippen molar-refractivity contribution in [1.82, 2.24) is 24.4 Å². The van der Waals surface area contributed by atoms with Crippen LogP contribution in [0.25, 0.3) is 11.0 Å². The highest BCUT2D eigenvalue weighted by atomic mass is 16.5. The van der Waals surface area contributed by atoms with Gasteiger partial charge in [0.25, 0.3) is 0 Å². The second kappa shape index (κ2) is 9.86. The lowest BCUT2D eigenvalue weighted by atomic mass is 10.1. The van der Waals surface area contributed by atoms with Crippen LogP contribution in [0.4, 0.5) is 11.6 Å². The lowest BCUT2D eigenvalue weighted by Crippen LogP contribution is -2.45. The Labute approximate surface area is 208 Å². The number of fused-ring (bicyclic) bond motifs is 1. The van der Waals surface area contributed by atoms with Gasteiger partial charge >= 0.3 is 0 Å². The van der Waals surface area contributed by atoms with E-state index in [1.165, 1.54) is 0 Å². The van der Waals surface area contributed by atoms with Crippen molar-refractivity contribution in [3.8, 4) is 0 Å². The highest BCUT2D eigenvalue weighted by Gasteiger charge is 2.26. The SMILES string of the molecule is O=C(Cn1ccc2cccnc21)N1CCC(C2=NC=CCN2c2cnc(N3CCOCC3)nc2)=NC1. The van der Waals surface area contributed by atoms with E-state index in [0.29, 0.717) is 45.3 Å². The van der Waals surface area contributed by atoms with Crippen LogP contribution in [0.3, 0.4) is 0 Å². The minimum atomic E-state index is 0.0235. The van der Waals surface area contributed by atoms with Crippen molar-refractivity contribution in [3.63, 3.8) is 0 Å². The molecule has 1 amide bonds. The summed E-state index contributed by atoms with van der Waals surface area (Å²) in [5, 5.41) is 1.02. The average molecular weight is 486 g/mol. The van der Waals surface area contributed by atoms with Crippen molar-refractivity contribution in [2.45, 2.75) is 13.0 Å². The van der Waals surface area contributed by atoms with Gasteiger partial charge in [0, 0.05) is 56.6 Å². The fourth-order valence-electron chi connectivity index (χ4n) is 4.61. The molecule has 36 heavy (non-hydrogen) atoms. The molecule has 6 rings (SSSR count). The fourth-order valence-corrected chi connectivity index (χ4v) is 4.61. The molecular weight excluding hydrogens is 458 g/mol. The maximum absolute atomic E-state index is 13.0. The molecule has 6 heterocycles.